The van der Waals surface area contributed by atoms with Gasteiger partial charge in [-0.05, 0) is 71.6 Å². The second-order valence-corrected chi connectivity index (χ2v) is 16.3. The molecule has 2 aliphatic rings. The van der Waals surface area contributed by atoms with Crippen LogP contribution >= 0.6 is 0 Å². The van der Waals surface area contributed by atoms with Crippen molar-refractivity contribution in [3.05, 3.63) is 11.3 Å². The molecule has 0 bridgehead atoms. The first-order chi connectivity index (χ1) is 25.0. The van der Waals surface area contributed by atoms with Crippen LogP contribution in [0, 0.1) is 11.3 Å². The molecule has 0 aromatic rings. The SMILES string of the molecule is COC(=O)C(NC(=O)C1CCC(=O)NCCC(=O)NCCCCC(NC(C)=C2C(=O)CC(C)(C)CC2=O)C(=O)NC([C@@H](C)OC(C)(C)C)C(=O)N1)C(C)C. The second-order valence-electron chi connectivity index (χ2n) is 16.3. The standard InChI is InChI=1S/C38H62N6O10/c1-21(2)31(36(52)53-10)43-34(50)25-14-15-28(47)40-18-16-29(48)39-17-12-11-13-24(41-22(3)30-26(45)19-38(8,9)20-27(30)46)33(49)44-32(35(51)42-25)23(4)54-37(5,6)7/h21,23-25,31-32,41H,11-20H2,1-10H3,(H,39,48)(H,40,47)(H,42,51)(H,43,50)(H,44,49)/t23-,24?,25?,31?,32?/m1/s1. The summed E-state index contributed by atoms with van der Waals surface area (Å²) in [5.41, 5.74) is -0.998. The maximum Gasteiger partial charge on any atom is 0.328 e. The predicted molar refractivity (Wildman–Crippen MR) is 199 cm³/mol. The summed E-state index contributed by atoms with van der Waals surface area (Å²) in [6.07, 6.45) is 0.121. The molecule has 54 heavy (non-hydrogen) atoms. The monoisotopic (exact) mass is 762 g/mol. The first-order valence-electron chi connectivity index (χ1n) is 18.8. The number of hydrogen-bond acceptors (Lipinski definition) is 11. The van der Waals surface area contributed by atoms with E-state index in [-0.39, 0.29) is 79.7 Å². The Morgan fingerprint density at radius 1 is 0.833 bits per heavy atom. The summed E-state index contributed by atoms with van der Waals surface area (Å²) in [5.74, 6) is -4.66. The van der Waals surface area contributed by atoms with Crippen molar-refractivity contribution in [2.45, 2.75) is 150 Å². The first kappa shape index (κ1) is 45.8. The van der Waals surface area contributed by atoms with Crippen LogP contribution in [0.25, 0.3) is 0 Å². The molecule has 1 aliphatic carbocycles. The fourth-order valence-electron chi connectivity index (χ4n) is 6.44. The summed E-state index contributed by atoms with van der Waals surface area (Å²) in [6.45, 7) is 15.9. The highest BCUT2D eigenvalue weighted by Gasteiger charge is 2.39. The second kappa shape index (κ2) is 20.4. The van der Waals surface area contributed by atoms with Gasteiger partial charge in [0.1, 0.15) is 24.2 Å². The minimum atomic E-state index is -1.36. The van der Waals surface area contributed by atoms with Crippen LogP contribution in [0.3, 0.4) is 0 Å². The summed E-state index contributed by atoms with van der Waals surface area (Å²) >= 11 is 0. The number of methoxy groups -OCH3 is 1. The van der Waals surface area contributed by atoms with E-state index in [1.807, 2.05) is 13.8 Å². The van der Waals surface area contributed by atoms with Crippen LogP contribution < -0.4 is 31.9 Å². The largest absolute Gasteiger partial charge is 0.467 e. The lowest BCUT2D eigenvalue weighted by molar-refractivity contribution is -0.147. The fourth-order valence-corrected chi connectivity index (χ4v) is 6.44. The molecule has 2 rings (SSSR count). The normalized spacial score (nSPS) is 24.0. The molecule has 0 aromatic heterocycles. The summed E-state index contributed by atoms with van der Waals surface area (Å²) < 4.78 is 11.0. The fraction of sp³-hybridized carbons (Fsp3) is 0.737. The number of amides is 5. The van der Waals surface area contributed by atoms with Crippen molar-refractivity contribution in [2.24, 2.45) is 11.3 Å². The molecule has 1 saturated heterocycles. The van der Waals surface area contributed by atoms with Gasteiger partial charge in [-0.3, -0.25) is 33.6 Å². The number of allylic oxidation sites excluding steroid dienone is 2. The van der Waals surface area contributed by atoms with Gasteiger partial charge in [0.05, 0.1) is 24.4 Å². The highest BCUT2D eigenvalue weighted by Crippen LogP contribution is 2.34. The van der Waals surface area contributed by atoms with E-state index < -0.39 is 70.9 Å². The van der Waals surface area contributed by atoms with Crippen molar-refractivity contribution in [3.63, 3.8) is 0 Å². The van der Waals surface area contributed by atoms with E-state index in [2.05, 4.69) is 31.9 Å². The van der Waals surface area contributed by atoms with E-state index in [0.717, 1.165) is 0 Å². The Morgan fingerprint density at radius 3 is 2.00 bits per heavy atom. The van der Waals surface area contributed by atoms with Gasteiger partial charge in [-0.25, -0.2) is 4.79 Å². The van der Waals surface area contributed by atoms with Crippen LogP contribution in [-0.4, -0.2) is 103 Å². The third kappa shape index (κ3) is 14.8. The van der Waals surface area contributed by atoms with Crippen LogP contribution in [-0.2, 0) is 47.8 Å². The molecule has 2 fully saturated rings. The quantitative estimate of drug-likeness (QED) is 0.117. The number of hydrogen-bond donors (Lipinski definition) is 6. The van der Waals surface area contributed by atoms with Crippen LogP contribution in [0.4, 0.5) is 0 Å². The third-order valence-electron chi connectivity index (χ3n) is 9.14. The molecule has 5 atom stereocenters. The number of Topliss-reactive ketones (excluding diaryl/α,β-unsaturated/α-hetero) is 2. The first-order valence-corrected chi connectivity index (χ1v) is 18.8. The van der Waals surface area contributed by atoms with Crippen molar-refractivity contribution < 1.29 is 47.8 Å². The molecule has 0 aromatic carbocycles. The van der Waals surface area contributed by atoms with Crippen LogP contribution in [0.1, 0.15) is 114 Å². The van der Waals surface area contributed by atoms with Crippen LogP contribution in [0.5, 0.6) is 0 Å². The minimum absolute atomic E-state index is 0.00676. The van der Waals surface area contributed by atoms with Gasteiger partial charge in [0.2, 0.25) is 29.5 Å². The molecule has 6 N–H and O–H groups in total. The average Bonchev–Trinajstić information content (AvgIpc) is 3.04. The number of rotatable bonds is 8. The number of ketones is 2. The van der Waals surface area contributed by atoms with E-state index in [1.54, 1.807) is 48.5 Å². The van der Waals surface area contributed by atoms with Crippen molar-refractivity contribution in [2.75, 3.05) is 20.2 Å². The molecule has 1 saturated carbocycles. The van der Waals surface area contributed by atoms with Gasteiger partial charge in [-0.2, -0.15) is 0 Å². The van der Waals surface area contributed by atoms with E-state index in [9.17, 15) is 38.4 Å². The lowest BCUT2D eigenvalue weighted by Crippen LogP contribution is -2.61. The zero-order valence-electron chi connectivity index (χ0n) is 33.6. The molecule has 0 radical (unpaired) electrons. The highest BCUT2D eigenvalue weighted by atomic mass is 16.5. The van der Waals surface area contributed by atoms with Gasteiger partial charge in [0.15, 0.2) is 11.6 Å². The Morgan fingerprint density at radius 2 is 1.43 bits per heavy atom. The molecule has 1 aliphatic heterocycles. The summed E-state index contributed by atoms with van der Waals surface area (Å²) in [6, 6.07) is -4.77. The topological polar surface area (TPSA) is 227 Å². The summed E-state index contributed by atoms with van der Waals surface area (Å²) in [4.78, 5) is 106. The Balaban J connectivity index is 2.56. The van der Waals surface area contributed by atoms with Crippen molar-refractivity contribution in [3.8, 4) is 0 Å². The Bertz CT molecular complexity index is 1430. The molecule has 4 unspecified atom stereocenters. The number of carbonyl (C=O) groups excluding carboxylic acids is 8. The Hall–Kier alpha value is -4.34. The highest BCUT2D eigenvalue weighted by molar-refractivity contribution is 6.22. The van der Waals surface area contributed by atoms with E-state index >= 15 is 0 Å². The lowest BCUT2D eigenvalue weighted by atomic mass is 9.73. The lowest BCUT2D eigenvalue weighted by Gasteiger charge is -2.33. The Kier molecular flexibility index (Phi) is 17.3. The minimum Gasteiger partial charge on any atom is -0.467 e. The number of ether oxygens (including phenoxy) is 2. The number of nitrogens with one attached hydrogen (secondary N) is 6. The maximum absolute atomic E-state index is 14.1. The molecule has 16 nitrogen and oxygen atoms in total. The molecular formula is C38H62N6O10. The maximum atomic E-state index is 14.1. The van der Waals surface area contributed by atoms with Gasteiger partial charge in [-0.15, -0.1) is 0 Å². The molecule has 304 valence electrons. The zero-order valence-corrected chi connectivity index (χ0v) is 33.6. The molecule has 5 amide bonds. The van der Waals surface area contributed by atoms with Gasteiger partial charge < -0.3 is 41.4 Å². The number of carbonyl (C=O) groups is 8. The molecule has 1 heterocycles. The third-order valence-corrected chi connectivity index (χ3v) is 9.14. The van der Waals surface area contributed by atoms with Gasteiger partial charge >= 0.3 is 5.97 Å². The zero-order chi connectivity index (χ0) is 41.0. The number of esters is 1. The molecule has 0 spiro atoms. The Labute approximate surface area is 318 Å². The van der Waals surface area contributed by atoms with Gasteiger partial charge in [0, 0.05) is 44.5 Å². The summed E-state index contributed by atoms with van der Waals surface area (Å²) in [5, 5.41) is 16.6. The predicted octanol–water partition coefficient (Wildman–Crippen LogP) is 1.25. The van der Waals surface area contributed by atoms with E-state index in [4.69, 9.17) is 9.47 Å². The molecule has 16 heteroatoms. The van der Waals surface area contributed by atoms with Gasteiger partial charge in [-0.1, -0.05) is 27.7 Å². The van der Waals surface area contributed by atoms with Crippen molar-refractivity contribution in [1.82, 2.24) is 31.9 Å². The molecular weight excluding hydrogens is 700 g/mol. The van der Waals surface area contributed by atoms with Crippen LogP contribution in [0.15, 0.2) is 11.3 Å². The van der Waals surface area contributed by atoms with E-state index in [1.165, 1.54) is 7.11 Å². The van der Waals surface area contributed by atoms with Crippen molar-refractivity contribution in [1.29, 1.82) is 0 Å². The van der Waals surface area contributed by atoms with Crippen LogP contribution in [0.2, 0.25) is 0 Å². The van der Waals surface area contributed by atoms with Gasteiger partial charge in [0.25, 0.3) is 0 Å². The average molecular weight is 763 g/mol. The van der Waals surface area contributed by atoms with E-state index in [0.29, 0.717) is 19.4 Å². The van der Waals surface area contributed by atoms with Crippen molar-refractivity contribution >= 4 is 47.1 Å². The summed E-state index contributed by atoms with van der Waals surface area (Å²) in [7, 11) is 1.18. The smallest absolute Gasteiger partial charge is 0.328 e.